The van der Waals surface area contributed by atoms with E-state index in [-0.39, 0.29) is 10.8 Å². The Morgan fingerprint density at radius 2 is 1.90 bits per heavy atom. The molecule has 1 heterocycles. The number of fused-ring (bicyclic) bond motifs is 1. The first kappa shape index (κ1) is 22.8. The molecule has 6 nitrogen and oxygen atoms in total. The van der Waals surface area contributed by atoms with Gasteiger partial charge in [0.1, 0.15) is 5.75 Å². The Balaban J connectivity index is 1.80. The van der Waals surface area contributed by atoms with Gasteiger partial charge < -0.3 is 9.64 Å². The number of carbonyl (C=O) groups is 1. The van der Waals surface area contributed by atoms with Gasteiger partial charge in [-0.1, -0.05) is 19.9 Å². The maximum atomic E-state index is 13.0. The molecule has 1 unspecified atom stereocenters. The van der Waals surface area contributed by atoms with Gasteiger partial charge in [-0.05, 0) is 77.7 Å². The Morgan fingerprint density at radius 3 is 2.53 bits per heavy atom. The third-order valence-electron chi connectivity index (χ3n) is 5.29. The molecule has 2 aromatic carbocycles. The van der Waals surface area contributed by atoms with E-state index in [1.165, 1.54) is 4.31 Å². The van der Waals surface area contributed by atoms with Gasteiger partial charge in [-0.3, -0.25) is 4.79 Å². The van der Waals surface area contributed by atoms with Gasteiger partial charge >= 0.3 is 0 Å². The van der Waals surface area contributed by atoms with E-state index in [2.05, 4.69) is 15.9 Å². The molecule has 8 heteroatoms. The standard InChI is InChI=1S/C22H27BrN2O4S/c1-5-24(6-2)30(27,28)18-8-9-20-17(14-18)11-12-25(20)22(26)16(4)29-21-10-7-15(3)13-19(21)23/h7-10,13-14,16H,5-6,11-12H2,1-4H3. The van der Waals surface area contributed by atoms with E-state index in [9.17, 15) is 13.2 Å². The average Bonchev–Trinajstić information content (AvgIpc) is 3.13. The first-order valence-corrected chi connectivity index (χ1v) is 12.3. The van der Waals surface area contributed by atoms with Crippen molar-refractivity contribution >= 4 is 37.5 Å². The lowest BCUT2D eigenvalue weighted by atomic mass is 10.2. The van der Waals surface area contributed by atoms with Crippen molar-refractivity contribution < 1.29 is 17.9 Å². The van der Waals surface area contributed by atoms with Gasteiger partial charge in [-0.25, -0.2) is 8.42 Å². The molecule has 2 aromatic rings. The lowest BCUT2D eigenvalue weighted by molar-refractivity contribution is -0.124. The number of rotatable bonds is 7. The van der Waals surface area contributed by atoms with Crippen LogP contribution in [-0.2, 0) is 21.2 Å². The summed E-state index contributed by atoms with van der Waals surface area (Å²) in [6, 6.07) is 10.7. The molecular formula is C22H27BrN2O4S. The molecule has 1 atom stereocenters. The summed E-state index contributed by atoms with van der Waals surface area (Å²) in [6.07, 6.45) is -0.0575. The predicted molar refractivity (Wildman–Crippen MR) is 122 cm³/mol. The van der Waals surface area contributed by atoms with Crippen LogP contribution in [0.1, 0.15) is 31.9 Å². The zero-order valence-corrected chi connectivity index (χ0v) is 20.1. The summed E-state index contributed by atoms with van der Waals surface area (Å²) in [4.78, 5) is 15.0. The minimum absolute atomic E-state index is 0.152. The molecule has 1 amide bonds. The van der Waals surface area contributed by atoms with Gasteiger partial charge in [-0.15, -0.1) is 0 Å². The molecule has 1 aliphatic rings. The molecule has 162 valence electrons. The highest BCUT2D eigenvalue weighted by atomic mass is 79.9. The molecule has 0 saturated carbocycles. The second-order valence-corrected chi connectivity index (χ2v) is 10.1. The minimum atomic E-state index is -3.53. The number of halogens is 1. The Kier molecular flexibility index (Phi) is 6.89. The van der Waals surface area contributed by atoms with Crippen molar-refractivity contribution in [2.24, 2.45) is 0 Å². The lowest BCUT2D eigenvalue weighted by Crippen LogP contribution is -2.39. The quantitative estimate of drug-likeness (QED) is 0.579. The summed E-state index contributed by atoms with van der Waals surface area (Å²) >= 11 is 3.47. The number of anilines is 1. The summed E-state index contributed by atoms with van der Waals surface area (Å²) in [6.45, 7) is 8.70. The second kappa shape index (κ2) is 9.08. The molecule has 0 spiro atoms. The number of nitrogens with zero attached hydrogens (tertiary/aromatic N) is 2. The van der Waals surface area contributed by atoms with Gasteiger partial charge in [0, 0.05) is 25.3 Å². The Bertz CT molecular complexity index is 1050. The van der Waals surface area contributed by atoms with Gasteiger partial charge in [-0.2, -0.15) is 4.31 Å². The predicted octanol–water partition coefficient (Wildman–Crippen LogP) is 4.14. The highest BCUT2D eigenvalue weighted by Crippen LogP contribution is 2.33. The third-order valence-corrected chi connectivity index (χ3v) is 7.96. The topological polar surface area (TPSA) is 66.9 Å². The van der Waals surface area contributed by atoms with E-state index in [0.717, 1.165) is 21.3 Å². The Morgan fingerprint density at radius 1 is 1.20 bits per heavy atom. The van der Waals surface area contributed by atoms with Crippen LogP contribution in [0, 0.1) is 6.92 Å². The molecule has 0 bridgehead atoms. The normalized spacial score (nSPS) is 14.7. The van der Waals surface area contributed by atoms with Crippen LogP contribution in [0.3, 0.4) is 0 Å². The van der Waals surface area contributed by atoms with Crippen LogP contribution in [-0.4, -0.2) is 44.4 Å². The van der Waals surface area contributed by atoms with Crippen molar-refractivity contribution in [2.45, 2.75) is 45.1 Å². The van der Waals surface area contributed by atoms with Crippen LogP contribution in [0.5, 0.6) is 5.75 Å². The van der Waals surface area contributed by atoms with Crippen LogP contribution in [0.25, 0.3) is 0 Å². The average molecular weight is 495 g/mol. The van der Waals surface area contributed by atoms with E-state index in [0.29, 0.717) is 31.8 Å². The zero-order valence-electron chi connectivity index (χ0n) is 17.7. The number of sulfonamides is 1. The number of ether oxygens (including phenoxy) is 1. The molecule has 30 heavy (non-hydrogen) atoms. The monoisotopic (exact) mass is 494 g/mol. The SMILES string of the molecule is CCN(CC)S(=O)(=O)c1ccc2c(c1)CCN2C(=O)C(C)Oc1ccc(C)cc1Br. The molecule has 0 N–H and O–H groups in total. The fourth-order valence-corrected chi connectivity index (χ4v) is 5.74. The number of aryl methyl sites for hydroxylation is 1. The smallest absolute Gasteiger partial charge is 0.267 e. The summed E-state index contributed by atoms with van der Waals surface area (Å²) in [7, 11) is -3.53. The van der Waals surface area contributed by atoms with E-state index in [4.69, 9.17) is 4.74 Å². The van der Waals surface area contributed by atoms with Crippen molar-refractivity contribution in [3.05, 3.63) is 52.0 Å². The molecule has 1 aliphatic heterocycles. The molecule has 0 aromatic heterocycles. The fourth-order valence-electron chi connectivity index (χ4n) is 3.64. The first-order chi connectivity index (χ1) is 14.2. The zero-order chi connectivity index (χ0) is 22.1. The van der Waals surface area contributed by atoms with Gasteiger partial charge in [0.2, 0.25) is 10.0 Å². The van der Waals surface area contributed by atoms with E-state index in [1.807, 2.05) is 39.0 Å². The van der Waals surface area contributed by atoms with Gasteiger partial charge in [0.05, 0.1) is 9.37 Å². The largest absolute Gasteiger partial charge is 0.480 e. The summed E-state index contributed by atoms with van der Waals surface area (Å²) in [5.74, 6) is 0.460. The van der Waals surface area contributed by atoms with Crippen LogP contribution >= 0.6 is 15.9 Å². The summed E-state index contributed by atoms with van der Waals surface area (Å²) in [5, 5.41) is 0. The van der Waals surface area contributed by atoms with Crippen molar-refractivity contribution in [3.63, 3.8) is 0 Å². The van der Waals surface area contributed by atoms with E-state index >= 15 is 0 Å². The molecule has 0 aliphatic carbocycles. The van der Waals surface area contributed by atoms with Crippen molar-refractivity contribution in [1.29, 1.82) is 0 Å². The van der Waals surface area contributed by atoms with Gasteiger partial charge in [0.15, 0.2) is 6.10 Å². The molecule has 0 radical (unpaired) electrons. The maximum Gasteiger partial charge on any atom is 0.267 e. The first-order valence-electron chi connectivity index (χ1n) is 10.1. The summed E-state index contributed by atoms with van der Waals surface area (Å²) < 4.78 is 33.7. The Labute approximate surface area is 187 Å². The highest BCUT2D eigenvalue weighted by molar-refractivity contribution is 9.10. The van der Waals surface area contributed by atoms with Crippen LogP contribution < -0.4 is 9.64 Å². The highest BCUT2D eigenvalue weighted by Gasteiger charge is 2.31. The number of hydrogen-bond donors (Lipinski definition) is 0. The van der Waals surface area contributed by atoms with Crippen molar-refractivity contribution in [1.82, 2.24) is 4.31 Å². The second-order valence-electron chi connectivity index (χ2n) is 7.31. The third kappa shape index (κ3) is 4.40. The van der Waals surface area contributed by atoms with E-state index in [1.54, 1.807) is 30.0 Å². The molecular weight excluding hydrogens is 468 g/mol. The number of carbonyl (C=O) groups excluding carboxylic acids is 1. The van der Waals surface area contributed by atoms with Crippen LogP contribution in [0.15, 0.2) is 45.8 Å². The minimum Gasteiger partial charge on any atom is -0.480 e. The van der Waals surface area contributed by atoms with Crippen molar-refractivity contribution in [2.75, 3.05) is 24.5 Å². The molecule has 0 saturated heterocycles. The number of benzene rings is 2. The lowest BCUT2D eigenvalue weighted by Gasteiger charge is -2.23. The Hall–Kier alpha value is -1.90. The maximum absolute atomic E-state index is 13.0. The fraction of sp³-hybridized carbons (Fsp3) is 0.409. The van der Waals surface area contributed by atoms with Crippen LogP contribution in [0.2, 0.25) is 0 Å². The number of amides is 1. The molecule has 0 fully saturated rings. The summed E-state index contributed by atoms with van der Waals surface area (Å²) in [5.41, 5.74) is 2.70. The van der Waals surface area contributed by atoms with E-state index < -0.39 is 16.1 Å². The van der Waals surface area contributed by atoms with Crippen molar-refractivity contribution in [3.8, 4) is 5.75 Å². The van der Waals surface area contributed by atoms with Crippen LogP contribution in [0.4, 0.5) is 5.69 Å². The molecule has 3 rings (SSSR count). The van der Waals surface area contributed by atoms with Gasteiger partial charge in [0.25, 0.3) is 5.91 Å². The number of hydrogen-bond acceptors (Lipinski definition) is 4.